The standard InChI is InChI=1S/C13H18N2O2/c1-17-12-7-5-6-11(10-12)13(16)14-15-8-3-2-4-9-15/h5-7,10H,2-4,8-9H2,1H3,(H,14,16). The summed E-state index contributed by atoms with van der Waals surface area (Å²) < 4.78 is 5.10. The first-order chi connectivity index (χ1) is 8.29. The molecule has 4 heteroatoms. The number of hydrazine groups is 1. The monoisotopic (exact) mass is 234 g/mol. The normalized spacial score (nSPS) is 16.5. The van der Waals surface area contributed by atoms with Crippen LogP contribution in [0.4, 0.5) is 0 Å². The molecule has 1 aromatic rings. The number of piperidine rings is 1. The highest BCUT2D eigenvalue weighted by Gasteiger charge is 2.14. The summed E-state index contributed by atoms with van der Waals surface area (Å²) in [7, 11) is 1.60. The molecule has 0 unspecified atom stereocenters. The molecule has 0 bridgehead atoms. The topological polar surface area (TPSA) is 41.6 Å². The summed E-state index contributed by atoms with van der Waals surface area (Å²) in [5.74, 6) is 0.641. The number of ether oxygens (including phenoxy) is 1. The molecule has 0 aromatic heterocycles. The molecule has 1 saturated heterocycles. The Kier molecular flexibility index (Phi) is 3.98. The molecule has 1 aliphatic rings. The highest BCUT2D eigenvalue weighted by Crippen LogP contribution is 2.13. The maximum absolute atomic E-state index is 12.0. The molecule has 4 nitrogen and oxygen atoms in total. The SMILES string of the molecule is COc1cccc(C(=O)NN2CCCCC2)c1. The van der Waals surface area contributed by atoms with Crippen LogP contribution in [-0.4, -0.2) is 31.1 Å². The van der Waals surface area contributed by atoms with Gasteiger partial charge in [-0.1, -0.05) is 12.5 Å². The Labute approximate surface area is 102 Å². The number of hydrogen-bond acceptors (Lipinski definition) is 3. The Bertz CT molecular complexity index is 387. The van der Waals surface area contributed by atoms with Crippen LogP contribution in [0.25, 0.3) is 0 Å². The van der Waals surface area contributed by atoms with Gasteiger partial charge in [0.15, 0.2) is 0 Å². The van der Waals surface area contributed by atoms with E-state index >= 15 is 0 Å². The van der Waals surface area contributed by atoms with Crippen LogP contribution in [0.1, 0.15) is 29.6 Å². The lowest BCUT2D eigenvalue weighted by Gasteiger charge is -2.26. The average molecular weight is 234 g/mol. The molecule has 0 saturated carbocycles. The third kappa shape index (κ3) is 3.20. The molecule has 1 amide bonds. The van der Waals surface area contributed by atoms with Crippen LogP contribution in [0.3, 0.4) is 0 Å². The van der Waals surface area contributed by atoms with Gasteiger partial charge in [-0.05, 0) is 31.0 Å². The molecule has 1 N–H and O–H groups in total. The van der Waals surface area contributed by atoms with Crippen molar-refractivity contribution in [3.8, 4) is 5.75 Å². The molecule has 92 valence electrons. The van der Waals surface area contributed by atoms with Crippen molar-refractivity contribution in [2.45, 2.75) is 19.3 Å². The van der Waals surface area contributed by atoms with E-state index in [4.69, 9.17) is 4.74 Å². The quantitative estimate of drug-likeness (QED) is 0.867. The van der Waals surface area contributed by atoms with Gasteiger partial charge in [0.25, 0.3) is 5.91 Å². The van der Waals surface area contributed by atoms with Crippen LogP contribution in [0.5, 0.6) is 5.75 Å². The van der Waals surface area contributed by atoms with Crippen LogP contribution in [0.15, 0.2) is 24.3 Å². The fourth-order valence-electron chi connectivity index (χ4n) is 1.98. The number of methoxy groups -OCH3 is 1. The van der Waals surface area contributed by atoms with Crippen molar-refractivity contribution < 1.29 is 9.53 Å². The summed E-state index contributed by atoms with van der Waals surface area (Å²) in [4.78, 5) is 12.0. The zero-order valence-corrected chi connectivity index (χ0v) is 10.1. The number of benzene rings is 1. The van der Waals surface area contributed by atoms with Crippen molar-refractivity contribution in [3.05, 3.63) is 29.8 Å². The van der Waals surface area contributed by atoms with Crippen LogP contribution < -0.4 is 10.2 Å². The van der Waals surface area contributed by atoms with E-state index in [0.29, 0.717) is 11.3 Å². The van der Waals surface area contributed by atoms with Gasteiger partial charge in [-0.25, -0.2) is 5.01 Å². The summed E-state index contributed by atoms with van der Waals surface area (Å²) in [5.41, 5.74) is 3.56. The minimum absolute atomic E-state index is 0.0641. The van der Waals surface area contributed by atoms with Crippen molar-refractivity contribution in [3.63, 3.8) is 0 Å². The Morgan fingerprint density at radius 3 is 2.76 bits per heavy atom. The van der Waals surface area contributed by atoms with Gasteiger partial charge < -0.3 is 4.74 Å². The molecule has 0 radical (unpaired) electrons. The van der Waals surface area contributed by atoms with E-state index < -0.39 is 0 Å². The second kappa shape index (κ2) is 5.68. The van der Waals surface area contributed by atoms with Gasteiger partial charge in [0, 0.05) is 18.7 Å². The molecule has 0 atom stereocenters. The summed E-state index contributed by atoms with van der Waals surface area (Å²) in [5, 5.41) is 1.99. The first-order valence-corrected chi connectivity index (χ1v) is 5.99. The second-order valence-corrected chi connectivity index (χ2v) is 4.22. The molecule has 1 aliphatic heterocycles. The molecular weight excluding hydrogens is 216 g/mol. The smallest absolute Gasteiger partial charge is 0.265 e. The lowest BCUT2D eigenvalue weighted by Crippen LogP contribution is -2.45. The molecule has 0 spiro atoms. The van der Waals surface area contributed by atoms with Gasteiger partial charge in [0.05, 0.1) is 7.11 Å². The third-order valence-corrected chi connectivity index (χ3v) is 2.95. The predicted octanol–water partition coefficient (Wildman–Crippen LogP) is 1.83. The Morgan fingerprint density at radius 1 is 1.29 bits per heavy atom. The summed E-state index contributed by atoms with van der Waals surface area (Å²) in [6.45, 7) is 1.88. The molecular formula is C13H18N2O2. The van der Waals surface area contributed by atoms with E-state index in [1.165, 1.54) is 6.42 Å². The van der Waals surface area contributed by atoms with E-state index in [9.17, 15) is 4.79 Å². The van der Waals surface area contributed by atoms with Crippen molar-refractivity contribution in [1.82, 2.24) is 10.4 Å². The van der Waals surface area contributed by atoms with Gasteiger partial charge in [0.1, 0.15) is 5.75 Å². The van der Waals surface area contributed by atoms with E-state index in [1.54, 1.807) is 19.2 Å². The Balaban J connectivity index is 1.98. The van der Waals surface area contributed by atoms with Gasteiger partial charge in [-0.3, -0.25) is 10.2 Å². The molecule has 1 fully saturated rings. The van der Waals surface area contributed by atoms with Crippen molar-refractivity contribution >= 4 is 5.91 Å². The van der Waals surface area contributed by atoms with Crippen molar-refractivity contribution in [2.75, 3.05) is 20.2 Å². The highest BCUT2D eigenvalue weighted by molar-refractivity contribution is 5.94. The number of carbonyl (C=O) groups excluding carboxylic acids is 1. The lowest BCUT2D eigenvalue weighted by atomic mass is 10.1. The fraction of sp³-hybridized carbons (Fsp3) is 0.462. The van der Waals surface area contributed by atoms with Crippen molar-refractivity contribution in [2.24, 2.45) is 0 Å². The minimum Gasteiger partial charge on any atom is -0.497 e. The number of nitrogens with zero attached hydrogens (tertiary/aromatic N) is 1. The average Bonchev–Trinajstić information content (AvgIpc) is 2.40. The Morgan fingerprint density at radius 2 is 2.06 bits per heavy atom. The van der Waals surface area contributed by atoms with E-state index in [1.807, 2.05) is 17.1 Å². The molecule has 2 rings (SSSR count). The zero-order chi connectivity index (χ0) is 12.1. The summed E-state index contributed by atoms with van der Waals surface area (Å²) >= 11 is 0. The Hall–Kier alpha value is -1.55. The van der Waals surface area contributed by atoms with E-state index in [-0.39, 0.29) is 5.91 Å². The predicted molar refractivity (Wildman–Crippen MR) is 65.9 cm³/mol. The lowest BCUT2D eigenvalue weighted by molar-refractivity contribution is 0.0749. The minimum atomic E-state index is -0.0641. The van der Waals surface area contributed by atoms with Gasteiger partial charge in [-0.2, -0.15) is 0 Å². The number of rotatable bonds is 3. The number of nitrogens with one attached hydrogen (secondary N) is 1. The second-order valence-electron chi connectivity index (χ2n) is 4.22. The summed E-state index contributed by atoms with van der Waals surface area (Å²) in [6, 6.07) is 7.20. The molecule has 17 heavy (non-hydrogen) atoms. The van der Waals surface area contributed by atoms with Gasteiger partial charge in [-0.15, -0.1) is 0 Å². The maximum Gasteiger partial charge on any atom is 0.265 e. The molecule has 0 aliphatic carbocycles. The first-order valence-electron chi connectivity index (χ1n) is 5.99. The number of carbonyl (C=O) groups is 1. The van der Waals surface area contributed by atoms with Crippen LogP contribution in [0.2, 0.25) is 0 Å². The van der Waals surface area contributed by atoms with Gasteiger partial charge in [0.2, 0.25) is 0 Å². The maximum atomic E-state index is 12.0. The van der Waals surface area contributed by atoms with E-state index in [2.05, 4.69) is 5.43 Å². The first kappa shape index (κ1) is 11.9. The number of amides is 1. The zero-order valence-electron chi connectivity index (χ0n) is 10.1. The van der Waals surface area contributed by atoms with Crippen LogP contribution in [-0.2, 0) is 0 Å². The largest absolute Gasteiger partial charge is 0.497 e. The molecule has 1 aromatic carbocycles. The van der Waals surface area contributed by atoms with Crippen molar-refractivity contribution in [1.29, 1.82) is 0 Å². The summed E-state index contributed by atoms with van der Waals surface area (Å²) in [6.07, 6.45) is 3.56. The van der Waals surface area contributed by atoms with Crippen LogP contribution >= 0.6 is 0 Å². The third-order valence-electron chi connectivity index (χ3n) is 2.95. The molecule has 1 heterocycles. The van der Waals surface area contributed by atoms with E-state index in [0.717, 1.165) is 25.9 Å². The number of hydrogen-bond donors (Lipinski definition) is 1. The van der Waals surface area contributed by atoms with Crippen LogP contribution in [0, 0.1) is 0 Å². The fourth-order valence-corrected chi connectivity index (χ4v) is 1.98. The van der Waals surface area contributed by atoms with Gasteiger partial charge >= 0.3 is 0 Å². The highest BCUT2D eigenvalue weighted by atomic mass is 16.5.